The SMILES string of the molecule is CCc1ccc(S(=O)(=O)CCCCCl)cc1. The lowest BCUT2D eigenvalue weighted by Gasteiger charge is -2.04. The number of halogens is 1. The van der Waals surface area contributed by atoms with Crippen LogP contribution in [0.1, 0.15) is 25.3 Å². The molecule has 0 aliphatic carbocycles. The first-order valence-electron chi connectivity index (χ1n) is 5.48. The van der Waals surface area contributed by atoms with Gasteiger partial charge in [-0.3, -0.25) is 0 Å². The molecule has 0 N–H and O–H groups in total. The Morgan fingerprint density at radius 1 is 1.12 bits per heavy atom. The number of sulfone groups is 1. The van der Waals surface area contributed by atoms with Gasteiger partial charge >= 0.3 is 0 Å². The van der Waals surface area contributed by atoms with Gasteiger partial charge in [0.1, 0.15) is 0 Å². The smallest absolute Gasteiger partial charge is 0.178 e. The van der Waals surface area contributed by atoms with Gasteiger partial charge in [0, 0.05) is 5.88 Å². The average molecular weight is 261 g/mol. The van der Waals surface area contributed by atoms with Crippen LogP contribution in [0.4, 0.5) is 0 Å². The maximum absolute atomic E-state index is 11.9. The molecular formula is C12H17ClO2S. The number of rotatable bonds is 6. The standard InChI is InChI=1S/C12H17ClO2S/c1-2-11-5-7-12(8-6-11)16(14,15)10-4-3-9-13/h5-8H,2-4,9-10H2,1H3. The van der Waals surface area contributed by atoms with Gasteiger partial charge in [0.05, 0.1) is 10.6 Å². The van der Waals surface area contributed by atoms with Crippen LogP contribution in [-0.4, -0.2) is 20.1 Å². The summed E-state index contributed by atoms with van der Waals surface area (Å²) in [5, 5.41) is 0. The summed E-state index contributed by atoms with van der Waals surface area (Å²) in [6.07, 6.45) is 2.29. The molecule has 0 bridgehead atoms. The molecule has 0 aromatic heterocycles. The highest BCUT2D eigenvalue weighted by Crippen LogP contribution is 2.14. The second-order valence-corrected chi connectivity index (χ2v) is 6.20. The van der Waals surface area contributed by atoms with Crippen molar-refractivity contribution in [2.45, 2.75) is 31.1 Å². The molecule has 1 aromatic carbocycles. The Morgan fingerprint density at radius 2 is 1.75 bits per heavy atom. The van der Waals surface area contributed by atoms with E-state index in [0.717, 1.165) is 18.4 Å². The fourth-order valence-corrected chi connectivity index (χ4v) is 3.00. The highest BCUT2D eigenvalue weighted by molar-refractivity contribution is 7.91. The molecule has 16 heavy (non-hydrogen) atoms. The maximum Gasteiger partial charge on any atom is 0.178 e. The third-order valence-corrected chi connectivity index (χ3v) is 4.57. The van der Waals surface area contributed by atoms with Crippen LogP contribution in [0, 0.1) is 0 Å². The van der Waals surface area contributed by atoms with Crippen LogP contribution in [0.5, 0.6) is 0 Å². The molecule has 0 fully saturated rings. The third kappa shape index (κ3) is 3.80. The van der Waals surface area contributed by atoms with E-state index in [9.17, 15) is 8.42 Å². The molecule has 1 rings (SSSR count). The molecule has 0 spiro atoms. The van der Waals surface area contributed by atoms with Crippen molar-refractivity contribution in [3.05, 3.63) is 29.8 Å². The van der Waals surface area contributed by atoms with Crippen molar-refractivity contribution < 1.29 is 8.42 Å². The van der Waals surface area contributed by atoms with Crippen LogP contribution < -0.4 is 0 Å². The molecule has 4 heteroatoms. The van der Waals surface area contributed by atoms with Crippen LogP contribution >= 0.6 is 11.6 Å². The first-order valence-corrected chi connectivity index (χ1v) is 7.66. The van der Waals surface area contributed by atoms with E-state index in [4.69, 9.17) is 11.6 Å². The van der Waals surface area contributed by atoms with Gasteiger partial charge in [-0.2, -0.15) is 0 Å². The molecule has 0 saturated heterocycles. The molecule has 0 amide bonds. The van der Waals surface area contributed by atoms with E-state index in [1.165, 1.54) is 0 Å². The molecule has 2 nitrogen and oxygen atoms in total. The summed E-state index contributed by atoms with van der Waals surface area (Å²) >= 11 is 5.52. The van der Waals surface area contributed by atoms with Crippen LogP contribution in [0.15, 0.2) is 29.2 Å². The maximum atomic E-state index is 11.9. The number of unbranched alkanes of at least 4 members (excludes halogenated alkanes) is 1. The molecule has 90 valence electrons. The van der Waals surface area contributed by atoms with Crippen molar-refractivity contribution in [2.75, 3.05) is 11.6 Å². The van der Waals surface area contributed by atoms with Crippen molar-refractivity contribution >= 4 is 21.4 Å². The van der Waals surface area contributed by atoms with Crippen LogP contribution in [-0.2, 0) is 16.3 Å². The van der Waals surface area contributed by atoms with Crippen molar-refractivity contribution in [2.24, 2.45) is 0 Å². The topological polar surface area (TPSA) is 34.1 Å². The van der Waals surface area contributed by atoms with E-state index in [0.29, 0.717) is 17.2 Å². The van der Waals surface area contributed by atoms with E-state index in [1.54, 1.807) is 12.1 Å². The van der Waals surface area contributed by atoms with Gasteiger partial charge in [0.2, 0.25) is 0 Å². The Bertz CT molecular complexity index is 409. The molecule has 0 saturated carbocycles. The second-order valence-electron chi connectivity index (χ2n) is 3.71. The summed E-state index contributed by atoms with van der Waals surface area (Å²) in [4.78, 5) is 0.416. The molecule has 0 aliphatic rings. The Kier molecular flexibility index (Phi) is 5.29. The van der Waals surface area contributed by atoms with Crippen molar-refractivity contribution in [3.63, 3.8) is 0 Å². The first-order chi connectivity index (χ1) is 7.60. The fraction of sp³-hybridized carbons (Fsp3) is 0.500. The number of alkyl halides is 1. The van der Waals surface area contributed by atoms with E-state index in [2.05, 4.69) is 0 Å². The van der Waals surface area contributed by atoms with Gasteiger partial charge in [-0.15, -0.1) is 11.6 Å². The van der Waals surface area contributed by atoms with E-state index in [-0.39, 0.29) is 5.75 Å². The Hall–Kier alpha value is -0.540. The molecular weight excluding hydrogens is 244 g/mol. The summed E-state index contributed by atoms with van der Waals surface area (Å²) in [6.45, 7) is 2.05. The average Bonchev–Trinajstić information content (AvgIpc) is 2.29. The Morgan fingerprint density at radius 3 is 2.25 bits per heavy atom. The minimum atomic E-state index is -3.12. The molecule has 0 radical (unpaired) electrons. The molecule has 0 heterocycles. The second kappa shape index (κ2) is 6.26. The van der Waals surface area contributed by atoms with E-state index in [1.807, 2.05) is 19.1 Å². The predicted octanol–water partition coefficient (Wildman–Crippen LogP) is 3.04. The monoisotopic (exact) mass is 260 g/mol. The van der Waals surface area contributed by atoms with Crippen molar-refractivity contribution in [1.82, 2.24) is 0 Å². The Balaban J connectivity index is 2.74. The quantitative estimate of drug-likeness (QED) is 0.582. The lowest BCUT2D eigenvalue weighted by molar-refractivity contribution is 0.593. The normalized spacial score (nSPS) is 11.6. The number of hydrogen-bond acceptors (Lipinski definition) is 2. The molecule has 0 aliphatic heterocycles. The number of hydrogen-bond donors (Lipinski definition) is 0. The lowest BCUT2D eigenvalue weighted by atomic mass is 10.2. The molecule has 0 atom stereocenters. The number of benzene rings is 1. The van der Waals surface area contributed by atoms with Crippen LogP contribution in [0.2, 0.25) is 0 Å². The lowest BCUT2D eigenvalue weighted by Crippen LogP contribution is -2.07. The zero-order valence-corrected chi connectivity index (χ0v) is 11.0. The summed E-state index contributed by atoms with van der Waals surface area (Å²) in [5.41, 5.74) is 1.15. The summed E-state index contributed by atoms with van der Waals surface area (Å²) in [6, 6.07) is 7.12. The Labute approximate surface area is 103 Å². The minimum Gasteiger partial charge on any atom is -0.224 e. The van der Waals surface area contributed by atoms with E-state index >= 15 is 0 Å². The highest BCUT2D eigenvalue weighted by Gasteiger charge is 2.13. The number of aryl methyl sites for hydroxylation is 1. The highest BCUT2D eigenvalue weighted by atomic mass is 35.5. The summed E-state index contributed by atoms with van der Waals surface area (Å²) in [7, 11) is -3.12. The van der Waals surface area contributed by atoms with Gasteiger partial charge in [-0.1, -0.05) is 19.1 Å². The largest absolute Gasteiger partial charge is 0.224 e. The van der Waals surface area contributed by atoms with Crippen LogP contribution in [0.25, 0.3) is 0 Å². The van der Waals surface area contributed by atoms with Crippen LogP contribution in [0.3, 0.4) is 0 Å². The van der Waals surface area contributed by atoms with Gasteiger partial charge in [-0.05, 0) is 37.0 Å². The molecule has 0 unspecified atom stereocenters. The fourth-order valence-electron chi connectivity index (χ4n) is 1.44. The zero-order valence-electron chi connectivity index (χ0n) is 9.45. The predicted molar refractivity (Wildman–Crippen MR) is 67.8 cm³/mol. The van der Waals surface area contributed by atoms with Gasteiger partial charge in [0.15, 0.2) is 9.84 Å². The molecule has 1 aromatic rings. The van der Waals surface area contributed by atoms with Gasteiger partial charge in [-0.25, -0.2) is 8.42 Å². The van der Waals surface area contributed by atoms with Gasteiger partial charge in [0.25, 0.3) is 0 Å². The third-order valence-electron chi connectivity index (χ3n) is 2.49. The minimum absolute atomic E-state index is 0.186. The van der Waals surface area contributed by atoms with Crippen molar-refractivity contribution in [3.8, 4) is 0 Å². The van der Waals surface area contributed by atoms with E-state index < -0.39 is 9.84 Å². The summed E-state index contributed by atoms with van der Waals surface area (Å²) in [5.74, 6) is 0.704. The zero-order chi connectivity index (χ0) is 12.0. The van der Waals surface area contributed by atoms with Gasteiger partial charge < -0.3 is 0 Å². The first kappa shape index (κ1) is 13.5. The van der Waals surface area contributed by atoms with Crippen molar-refractivity contribution in [1.29, 1.82) is 0 Å². The summed E-state index contributed by atoms with van der Waals surface area (Å²) < 4.78 is 23.7.